The second-order valence-corrected chi connectivity index (χ2v) is 3.69. The van der Waals surface area contributed by atoms with Gasteiger partial charge in [-0.1, -0.05) is 23.4 Å². The van der Waals surface area contributed by atoms with Crippen LogP contribution >= 0.6 is 0 Å². The van der Waals surface area contributed by atoms with E-state index in [1.165, 1.54) is 6.07 Å². The zero-order chi connectivity index (χ0) is 11.8. The van der Waals surface area contributed by atoms with Crippen LogP contribution in [0.25, 0.3) is 22.2 Å². The first kappa shape index (κ1) is 9.65. The summed E-state index contributed by atoms with van der Waals surface area (Å²) in [6, 6.07) is 9.35. The first-order valence-electron chi connectivity index (χ1n) is 5.09. The molecule has 0 aliphatic rings. The summed E-state index contributed by atoms with van der Waals surface area (Å²) in [7, 11) is 0. The summed E-state index contributed by atoms with van der Waals surface area (Å²) in [5.41, 5.74) is 7.11. The van der Waals surface area contributed by atoms with Crippen molar-refractivity contribution in [3.05, 3.63) is 42.2 Å². The van der Waals surface area contributed by atoms with Gasteiger partial charge >= 0.3 is 0 Å². The van der Waals surface area contributed by atoms with Crippen LogP contribution in [0.4, 0.5) is 0 Å². The molecule has 3 rings (SSSR count). The van der Waals surface area contributed by atoms with Gasteiger partial charge in [0.15, 0.2) is 11.5 Å². The van der Waals surface area contributed by atoms with Crippen molar-refractivity contribution in [3.8, 4) is 11.3 Å². The van der Waals surface area contributed by atoms with Crippen molar-refractivity contribution in [2.24, 2.45) is 5.73 Å². The van der Waals surface area contributed by atoms with Crippen LogP contribution in [0.3, 0.4) is 0 Å². The highest BCUT2D eigenvalue weighted by Gasteiger charge is 2.13. The van der Waals surface area contributed by atoms with E-state index in [2.05, 4.69) is 10.1 Å². The Kier molecular flexibility index (Phi) is 1.98. The summed E-state index contributed by atoms with van der Waals surface area (Å²) in [6.45, 7) is 0. The van der Waals surface area contributed by atoms with Gasteiger partial charge < -0.3 is 15.2 Å². The van der Waals surface area contributed by atoms with Crippen LogP contribution in [-0.4, -0.2) is 16.0 Å². The molecule has 2 aromatic heterocycles. The van der Waals surface area contributed by atoms with Gasteiger partial charge in [-0.15, -0.1) is 0 Å². The maximum absolute atomic E-state index is 10.9. The maximum Gasteiger partial charge on any atom is 0.270 e. The summed E-state index contributed by atoms with van der Waals surface area (Å²) >= 11 is 0. The lowest BCUT2D eigenvalue weighted by Crippen LogP contribution is -2.10. The summed E-state index contributed by atoms with van der Waals surface area (Å²) in [5.74, 6) is -0.0731. The molecule has 3 N–H and O–H groups in total. The van der Waals surface area contributed by atoms with E-state index in [-0.39, 0.29) is 5.69 Å². The monoisotopic (exact) mass is 227 g/mol. The third kappa shape index (κ3) is 1.48. The number of H-pyrrole nitrogens is 1. The molecule has 0 saturated heterocycles. The Hall–Kier alpha value is -2.56. The number of primary amides is 1. The van der Waals surface area contributed by atoms with Gasteiger partial charge in [0.2, 0.25) is 0 Å². The number of hydrogen-bond donors (Lipinski definition) is 2. The van der Waals surface area contributed by atoms with Crippen LogP contribution in [0.1, 0.15) is 10.5 Å². The number of aromatic amines is 1. The number of aromatic nitrogens is 2. The minimum absolute atomic E-state index is 0.130. The molecule has 0 unspecified atom stereocenters. The van der Waals surface area contributed by atoms with E-state index in [4.69, 9.17) is 10.3 Å². The lowest BCUT2D eigenvalue weighted by atomic mass is 10.1. The molecule has 0 fully saturated rings. The van der Waals surface area contributed by atoms with Gasteiger partial charge in [0.1, 0.15) is 0 Å². The number of rotatable bonds is 2. The van der Waals surface area contributed by atoms with E-state index in [1.807, 2.05) is 30.5 Å². The van der Waals surface area contributed by atoms with E-state index in [0.717, 1.165) is 16.5 Å². The van der Waals surface area contributed by atoms with Gasteiger partial charge in [0, 0.05) is 28.7 Å². The quantitative estimate of drug-likeness (QED) is 0.701. The van der Waals surface area contributed by atoms with E-state index in [1.54, 1.807) is 0 Å². The Morgan fingerprint density at radius 1 is 1.35 bits per heavy atom. The molecule has 1 amide bonds. The van der Waals surface area contributed by atoms with E-state index < -0.39 is 5.91 Å². The SMILES string of the molecule is NC(=O)c1cc(-c2c[nH]c3ccccc23)on1. The molecular formula is C12H9N3O2. The largest absolute Gasteiger partial charge is 0.364 e. The van der Waals surface area contributed by atoms with Crippen LogP contribution < -0.4 is 5.73 Å². The molecule has 0 aliphatic heterocycles. The van der Waals surface area contributed by atoms with Gasteiger partial charge in [0.05, 0.1) is 0 Å². The molecule has 3 aromatic rings. The topological polar surface area (TPSA) is 84.9 Å². The van der Waals surface area contributed by atoms with Gasteiger partial charge in [0.25, 0.3) is 5.91 Å². The van der Waals surface area contributed by atoms with Crippen LogP contribution in [0.2, 0.25) is 0 Å². The lowest BCUT2D eigenvalue weighted by Gasteiger charge is -1.91. The summed E-state index contributed by atoms with van der Waals surface area (Å²) in [4.78, 5) is 14.1. The van der Waals surface area contributed by atoms with Gasteiger partial charge in [-0.05, 0) is 6.07 Å². The number of benzene rings is 1. The van der Waals surface area contributed by atoms with Crippen LogP contribution in [0, 0.1) is 0 Å². The minimum Gasteiger partial charge on any atom is -0.364 e. The molecule has 2 heterocycles. The Morgan fingerprint density at radius 3 is 2.94 bits per heavy atom. The fourth-order valence-corrected chi connectivity index (χ4v) is 1.79. The van der Waals surface area contributed by atoms with E-state index in [9.17, 15) is 4.79 Å². The van der Waals surface area contributed by atoms with E-state index >= 15 is 0 Å². The fraction of sp³-hybridized carbons (Fsp3) is 0. The highest BCUT2D eigenvalue weighted by Crippen LogP contribution is 2.28. The molecule has 5 nitrogen and oxygen atoms in total. The molecule has 1 aromatic carbocycles. The summed E-state index contributed by atoms with van der Waals surface area (Å²) < 4.78 is 5.11. The number of nitrogens with zero attached hydrogens (tertiary/aromatic N) is 1. The molecular weight excluding hydrogens is 218 g/mol. The average molecular weight is 227 g/mol. The van der Waals surface area contributed by atoms with Crippen molar-refractivity contribution in [1.29, 1.82) is 0 Å². The number of amides is 1. The highest BCUT2D eigenvalue weighted by atomic mass is 16.5. The summed E-state index contributed by atoms with van der Waals surface area (Å²) in [6.07, 6.45) is 1.82. The Morgan fingerprint density at radius 2 is 2.18 bits per heavy atom. The van der Waals surface area contributed by atoms with Crippen molar-refractivity contribution >= 4 is 16.8 Å². The molecule has 0 bridgehead atoms. The smallest absolute Gasteiger partial charge is 0.270 e. The predicted octanol–water partition coefficient (Wildman–Crippen LogP) is 1.92. The first-order chi connectivity index (χ1) is 8.25. The number of para-hydroxylation sites is 1. The molecule has 0 spiro atoms. The number of carbonyl (C=O) groups excluding carboxylic acids is 1. The zero-order valence-electron chi connectivity index (χ0n) is 8.81. The molecule has 5 heteroatoms. The second kappa shape index (κ2) is 3.48. The van der Waals surface area contributed by atoms with Crippen LogP contribution in [-0.2, 0) is 0 Å². The molecule has 0 saturated carbocycles. The van der Waals surface area contributed by atoms with Crippen molar-refractivity contribution in [2.75, 3.05) is 0 Å². The first-order valence-corrected chi connectivity index (χ1v) is 5.09. The number of fused-ring (bicyclic) bond motifs is 1. The normalized spacial score (nSPS) is 10.8. The van der Waals surface area contributed by atoms with Crippen molar-refractivity contribution < 1.29 is 9.32 Å². The number of nitrogens with one attached hydrogen (secondary N) is 1. The fourth-order valence-electron chi connectivity index (χ4n) is 1.79. The second-order valence-electron chi connectivity index (χ2n) is 3.69. The zero-order valence-corrected chi connectivity index (χ0v) is 8.81. The highest BCUT2D eigenvalue weighted by molar-refractivity contribution is 5.96. The predicted molar refractivity (Wildman–Crippen MR) is 62.3 cm³/mol. The Bertz CT molecular complexity index is 696. The van der Waals surface area contributed by atoms with E-state index in [0.29, 0.717) is 5.76 Å². The number of nitrogens with two attached hydrogens (primary N) is 1. The van der Waals surface area contributed by atoms with Crippen LogP contribution in [0.5, 0.6) is 0 Å². The average Bonchev–Trinajstić information content (AvgIpc) is 2.95. The van der Waals surface area contributed by atoms with Crippen LogP contribution in [0.15, 0.2) is 41.1 Å². The van der Waals surface area contributed by atoms with Crippen molar-refractivity contribution in [3.63, 3.8) is 0 Å². The number of carbonyl (C=O) groups is 1. The Balaban J connectivity index is 2.17. The third-order valence-corrected chi connectivity index (χ3v) is 2.62. The molecule has 84 valence electrons. The van der Waals surface area contributed by atoms with Gasteiger partial charge in [-0.2, -0.15) is 0 Å². The summed E-state index contributed by atoms with van der Waals surface area (Å²) in [5, 5.41) is 4.63. The minimum atomic E-state index is -0.597. The third-order valence-electron chi connectivity index (χ3n) is 2.62. The maximum atomic E-state index is 10.9. The Labute approximate surface area is 96.2 Å². The van der Waals surface area contributed by atoms with Gasteiger partial charge in [-0.3, -0.25) is 4.79 Å². The molecule has 0 aliphatic carbocycles. The lowest BCUT2D eigenvalue weighted by molar-refractivity contribution is 0.0992. The van der Waals surface area contributed by atoms with Gasteiger partial charge in [-0.25, -0.2) is 0 Å². The molecule has 0 radical (unpaired) electrons. The molecule has 17 heavy (non-hydrogen) atoms. The van der Waals surface area contributed by atoms with Crippen molar-refractivity contribution in [2.45, 2.75) is 0 Å². The van der Waals surface area contributed by atoms with Crippen molar-refractivity contribution in [1.82, 2.24) is 10.1 Å². The standard InChI is InChI=1S/C12H9N3O2/c13-12(16)10-5-11(17-15-10)8-6-14-9-4-2-1-3-7(8)9/h1-6,14H,(H2,13,16). The number of hydrogen-bond acceptors (Lipinski definition) is 3. The molecule has 0 atom stereocenters.